The van der Waals surface area contributed by atoms with Crippen molar-refractivity contribution in [2.24, 2.45) is 0 Å². The van der Waals surface area contributed by atoms with Gasteiger partial charge in [-0.2, -0.15) is 0 Å². The smallest absolute Gasteiger partial charge is 0.127 e. The molecule has 2 fully saturated rings. The van der Waals surface area contributed by atoms with Gasteiger partial charge in [-0.3, -0.25) is 9.80 Å². The Morgan fingerprint density at radius 2 is 1.76 bits per heavy atom. The first kappa shape index (κ1) is 15.0. The van der Waals surface area contributed by atoms with Gasteiger partial charge in [-0.15, -0.1) is 0 Å². The topological polar surface area (TPSA) is 6.48 Å². The van der Waals surface area contributed by atoms with Gasteiger partial charge in [0.15, 0.2) is 0 Å². The van der Waals surface area contributed by atoms with Crippen LogP contribution in [0.15, 0.2) is 18.2 Å². The summed E-state index contributed by atoms with van der Waals surface area (Å²) in [7, 11) is 0. The van der Waals surface area contributed by atoms with Gasteiger partial charge in [0.05, 0.1) is 0 Å². The first-order chi connectivity index (χ1) is 9.93. The molecule has 2 aliphatic rings. The van der Waals surface area contributed by atoms with E-state index >= 15 is 0 Å². The van der Waals surface area contributed by atoms with Crippen LogP contribution in [0.2, 0.25) is 0 Å². The highest BCUT2D eigenvalue weighted by Gasteiger charge is 2.31. The van der Waals surface area contributed by atoms with Crippen LogP contribution in [0.3, 0.4) is 0 Å². The van der Waals surface area contributed by atoms with Crippen molar-refractivity contribution < 1.29 is 4.39 Å². The van der Waals surface area contributed by atoms with E-state index < -0.39 is 0 Å². The van der Waals surface area contributed by atoms with E-state index in [0.717, 1.165) is 49.9 Å². The number of halogens is 1. The Hall–Kier alpha value is -0.930. The molecule has 0 atom stereocenters. The number of piperazine rings is 1. The van der Waals surface area contributed by atoms with Gasteiger partial charge in [0, 0.05) is 44.3 Å². The summed E-state index contributed by atoms with van der Waals surface area (Å²) in [5.41, 5.74) is 1.92. The molecule has 3 heteroatoms. The van der Waals surface area contributed by atoms with Crippen LogP contribution in [-0.4, -0.2) is 42.0 Å². The minimum Gasteiger partial charge on any atom is -0.298 e. The molecule has 3 rings (SSSR count). The highest BCUT2D eigenvalue weighted by molar-refractivity contribution is 5.29. The highest BCUT2D eigenvalue weighted by atomic mass is 19.1. The first-order valence-corrected chi connectivity index (χ1v) is 8.19. The third-order valence-corrected chi connectivity index (χ3v) is 4.78. The predicted molar refractivity (Wildman–Crippen MR) is 85.0 cm³/mol. The fraction of sp³-hybridized carbons (Fsp3) is 0.667. The Balaban J connectivity index is 1.60. The van der Waals surface area contributed by atoms with E-state index in [2.05, 4.69) is 36.6 Å². The molecule has 1 aliphatic carbocycles. The van der Waals surface area contributed by atoms with E-state index in [0.29, 0.717) is 0 Å². The number of rotatable bonds is 3. The minimum atomic E-state index is -0.0490. The van der Waals surface area contributed by atoms with E-state index in [9.17, 15) is 4.39 Å². The molecule has 1 aromatic rings. The van der Waals surface area contributed by atoms with Crippen molar-refractivity contribution in [1.82, 2.24) is 9.80 Å². The number of hydrogen-bond acceptors (Lipinski definition) is 2. The van der Waals surface area contributed by atoms with Crippen LogP contribution in [-0.2, 0) is 12.0 Å². The van der Waals surface area contributed by atoms with Gasteiger partial charge in [0.2, 0.25) is 0 Å². The number of nitrogens with zero attached hydrogens (tertiary/aromatic N) is 2. The van der Waals surface area contributed by atoms with Gasteiger partial charge in [-0.05, 0) is 29.9 Å². The third kappa shape index (κ3) is 3.64. The van der Waals surface area contributed by atoms with E-state index in [-0.39, 0.29) is 11.2 Å². The lowest BCUT2D eigenvalue weighted by molar-refractivity contribution is 0.120. The first-order valence-electron chi connectivity index (χ1n) is 8.19. The lowest BCUT2D eigenvalue weighted by Crippen LogP contribution is -2.46. The summed E-state index contributed by atoms with van der Waals surface area (Å²) in [6.07, 6.45) is 2.76. The maximum Gasteiger partial charge on any atom is 0.127 e. The van der Waals surface area contributed by atoms with Crippen LogP contribution in [0.5, 0.6) is 0 Å². The molecule has 1 heterocycles. The Labute approximate surface area is 127 Å². The second-order valence-corrected chi connectivity index (χ2v) is 7.60. The zero-order valence-corrected chi connectivity index (χ0v) is 13.5. The van der Waals surface area contributed by atoms with Crippen LogP contribution in [0.25, 0.3) is 0 Å². The molecule has 0 spiro atoms. The summed E-state index contributed by atoms with van der Waals surface area (Å²) >= 11 is 0. The molecule has 0 aromatic heterocycles. The Morgan fingerprint density at radius 3 is 2.29 bits per heavy atom. The van der Waals surface area contributed by atoms with Crippen LogP contribution in [0, 0.1) is 5.82 Å². The van der Waals surface area contributed by atoms with Crippen LogP contribution >= 0.6 is 0 Å². The van der Waals surface area contributed by atoms with Gasteiger partial charge < -0.3 is 0 Å². The summed E-state index contributed by atoms with van der Waals surface area (Å²) in [5.74, 6) is -0.0490. The highest BCUT2D eigenvalue weighted by Crippen LogP contribution is 2.28. The monoisotopic (exact) mass is 290 g/mol. The Bertz CT molecular complexity index is 494. The van der Waals surface area contributed by atoms with Gasteiger partial charge in [-0.25, -0.2) is 4.39 Å². The molecule has 116 valence electrons. The average Bonchev–Trinajstić information content (AvgIpc) is 3.25. The zero-order chi connectivity index (χ0) is 15.0. The molecule has 0 N–H and O–H groups in total. The quantitative estimate of drug-likeness (QED) is 0.842. The van der Waals surface area contributed by atoms with Crippen molar-refractivity contribution in [3.05, 3.63) is 35.1 Å². The molecular formula is C18H27FN2. The van der Waals surface area contributed by atoms with Crippen LogP contribution in [0.1, 0.15) is 44.7 Å². The second kappa shape index (κ2) is 5.69. The van der Waals surface area contributed by atoms with Crippen LogP contribution < -0.4 is 0 Å². The fourth-order valence-electron chi connectivity index (χ4n) is 3.11. The Morgan fingerprint density at radius 1 is 1.10 bits per heavy atom. The summed E-state index contributed by atoms with van der Waals surface area (Å²) in [5, 5.41) is 0. The lowest BCUT2D eigenvalue weighted by Gasteiger charge is -2.35. The normalized spacial score (nSPS) is 21.7. The molecule has 1 aliphatic heterocycles. The summed E-state index contributed by atoms with van der Waals surface area (Å²) in [4.78, 5) is 4.98. The average molecular weight is 290 g/mol. The molecule has 1 saturated carbocycles. The van der Waals surface area contributed by atoms with E-state index in [1.54, 1.807) is 6.07 Å². The second-order valence-electron chi connectivity index (χ2n) is 7.60. The molecule has 0 bridgehead atoms. The third-order valence-electron chi connectivity index (χ3n) is 4.78. The largest absolute Gasteiger partial charge is 0.298 e. The van der Waals surface area contributed by atoms with Gasteiger partial charge in [0.25, 0.3) is 0 Å². The maximum atomic E-state index is 14.3. The van der Waals surface area contributed by atoms with E-state index in [4.69, 9.17) is 0 Å². The lowest BCUT2D eigenvalue weighted by atomic mass is 9.86. The van der Waals surface area contributed by atoms with E-state index in [1.807, 2.05) is 6.07 Å². The van der Waals surface area contributed by atoms with Crippen molar-refractivity contribution in [2.75, 3.05) is 26.2 Å². The molecule has 0 unspecified atom stereocenters. The maximum absolute atomic E-state index is 14.3. The van der Waals surface area contributed by atoms with E-state index in [1.165, 1.54) is 12.8 Å². The summed E-state index contributed by atoms with van der Waals surface area (Å²) in [6, 6.07) is 6.63. The molecular weight excluding hydrogens is 263 g/mol. The summed E-state index contributed by atoms with van der Waals surface area (Å²) < 4.78 is 14.3. The predicted octanol–water partition coefficient (Wildman–Crippen LogP) is 3.40. The molecule has 1 aromatic carbocycles. The number of hydrogen-bond donors (Lipinski definition) is 0. The van der Waals surface area contributed by atoms with Crippen molar-refractivity contribution in [3.63, 3.8) is 0 Å². The van der Waals surface area contributed by atoms with Gasteiger partial charge >= 0.3 is 0 Å². The molecule has 0 amide bonds. The molecule has 21 heavy (non-hydrogen) atoms. The minimum absolute atomic E-state index is 0.00919. The van der Waals surface area contributed by atoms with Crippen molar-refractivity contribution in [2.45, 2.75) is 51.6 Å². The number of benzene rings is 1. The Kier molecular flexibility index (Phi) is 4.06. The standard InChI is InChI=1S/C18H27FN2/c1-18(2,3)15-5-4-14(17(19)12-15)13-20-8-10-21(11-9-20)16-6-7-16/h4-5,12,16H,6-11,13H2,1-3H3. The van der Waals surface area contributed by atoms with Gasteiger partial charge in [-0.1, -0.05) is 32.9 Å². The fourth-order valence-corrected chi connectivity index (χ4v) is 3.11. The molecule has 2 nitrogen and oxygen atoms in total. The zero-order valence-electron chi connectivity index (χ0n) is 13.5. The SMILES string of the molecule is CC(C)(C)c1ccc(CN2CCN(C3CC3)CC2)c(F)c1. The van der Waals surface area contributed by atoms with Crippen molar-refractivity contribution >= 4 is 0 Å². The van der Waals surface area contributed by atoms with Crippen molar-refractivity contribution in [1.29, 1.82) is 0 Å². The van der Waals surface area contributed by atoms with Gasteiger partial charge in [0.1, 0.15) is 5.82 Å². The molecule has 1 saturated heterocycles. The van der Waals surface area contributed by atoms with Crippen LogP contribution in [0.4, 0.5) is 4.39 Å². The summed E-state index contributed by atoms with van der Waals surface area (Å²) in [6.45, 7) is 11.5. The molecule has 0 radical (unpaired) electrons. The van der Waals surface area contributed by atoms with Crippen molar-refractivity contribution in [3.8, 4) is 0 Å².